The lowest BCUT2D eigenvalue weighted by Crippen LogP contribution is -1.94. The highest BCUT2D eigenvalue weighted by molar-refractivity contribution is 4.96. The van der Waals surface area contributed by atoms with Crippen LogP contribution >= 0.6 is 0 Å². The minimum Gasteiger partial charge on any atom is -0.491 e. The second-order valence-corrected chi connectivity index (χ2v) is 1.43. The summed E-state index contributed by atoms with van der Waals surface area (Å²) < 4.78 is 1.25. The Kier molecular flexibility index (Phi) is 1.32. The highest BCUT2D eigenvalue weighted by atomic mass is 16.3. The van der Waals surface area contributed by atoms with Crippen molar-refractivity contribution in [2.75, 3.05) is 0 Å². The predicted molar refractivity (Wildman–Crippen MR) is 27.3 cm³/mol. The van der Waals surface area contributed by atoms with Crippen molar-refractivity contribution >= 4 is 0 Å². The van der Waals surface area contributed by atoms with Gasteiger partial charge in [-0.1, -0.05) is 10.3 Å². The van der Waals surface area contributed by atoms with Crippen LogP contribution in [0.5, 0.6) is 5.88 Å². The van der Waals surface area contributed by atoms with Gasteiger partial charge in [-0.25, -0.2) is 4.68 Å². The van der Waals surface area contributed by atoms with Gasteiger partial charge < -0.3 is 5.11 Å². The van der Waals surface area contributed by atoms with Crippen LogP contribution in [0.1, 0.15) is 0 Å². The van der Waals surface area contributed by atoms with Gasteiger partial charge in [-0.05, 0) is 0 Å². The van der Waals surface area contributed by atoms with E-state index in [0.717, 1.165) is 0 Å². The van der Waals surface area contributed by atoms with Crippen molar-refractivity contribution in [3.8, 4) is 11.9 Å². The Labute approximate surface area is 51.1 Å². The fourth-order valence-electron chi connectivity index (χ4n) is 0.438. The van der Waals surface area contributed by atoms with Crippen molar-refractivity contribution in [3.63, 3.8) is 0 Å². The van der Waals surface area contributed by atoms with E-state index in [1.54, 1.807) is 0 Å². The molecule has 0 unspecified atom stereocenters. The standard InChI is InChI=1S/C4H4N4O/c5-1-2-8-3-4(9)6-7-8/h3,9H,2H2. The molecule has 0 amide bonds. The lowest BCUT2D eigenvalue weighted by atomic mass is 10.7. The van der Waals surface area contributed by atoms with Gasteiger partial charge in [0.25, 0.3) is 5.88 Å². The molecule has 0 fully saturated rings. The van der Waals surface area contributed by atoms with Gasteiger partial charge in [-0.3, -0.25) is 0 Å². The van der Waals surface area contributed by atoms with E-state index < -0.39 is 0 Å². The first kappa shape index (κ1) is 5.56. The summed E-state index contributed by atoms with van der Waals surface area (Å²) in [5, 5.41) is 23.3. The third-order valence-corrected chi connectivity index (χ3v) is 0.759. The monoisotopic (exact) mass is 124 g/mol. The first-order valence-electron chi connectivity index (χ1n) is 2.29. The number of nitriles is 1. The summed E-state index contributed by atoms with van der Waals surface area (Å²) in [6, 6.07) is 1.85. The fraction of sp³-hybridized carbons (Fsp3) is 0.250. The summed E-state index contributed by atoms with van der Waals surface area (Å²) in [6.45, 7) is 0.119. The first-order valence-corrected chi connectivity index (χ1v) is 2.29. The van der Waals surface area contributed by atoms with Gasteiger partial charge in [-0.15, -0.1) is 0 Å². The Bertz CT molecular complexity index is 235. The molecule has 46 valence electrons. The van der Waals surface area contributed by atoms with Crippen LogP contribution in [0, 0.1) is 11.3 Å². The number of aromatic hydroxyl groups is 1. The van der Waals surface area contributed by atoms with Crippen molar-refractivity contribution in [1.82, 2.24) is 15.0 Å². The van der Waals surface area contributed by atoms with Crippen molar-refractivity contribution in [2.24, 2.45) is 0 Å². The molecule has 0 atom stereocenters. The van der Waals surface area contributed by atoms with Gasteiger partial charge >= 0.3 is 0 Å². The molecule has 0 bridgehead atoms. The molecule has 0 saturated carbocycles. The molecule has 1 N–H and O–H groups in total. The molecule has 0 radical (unpaired) electrons. The second kappa shape index (κ2) is 2.13. The topological polar surface area (TPSA) is 74.7 Å². The van der Waals surface area contributed by atoms with E-state index in [0.29, 0.717) is 0 Å². The van der Waals surface area contributed by atoms with Crippen LogP contribution in [-0.4, -0.2) is 20.1 Å². The third-order valence-electron chi connectivity index (χ3n) is 0.759. The minimum atomic E-state index is -0.162. The van der Waals surface area contributed by atoms with Gasteiger partial charge in [0.1, 0.15) is 6.54 Å². The summed E-state index contributed by atoms with van der Waals surface area (Å²) in [5.74, 6) is -0.162. The summed E-state index contributed by atoms with van der Waals surface area (Å²) >= 11 is 0. The molecule has 1 rings (SSSR count). The molecule has 5 nitrogen and oxygen atoms in total. The van der Waals surface area contributed by atoms with E-state index in [1.807, 2.05) is 6.07 Å². The van der Waals surface area contributed by atoms with Crippen molar-refractivity contribution in [1.29, 1.82) is 5.26 Å². The van der Waals surface area contributed by atoms with Crippen LogP contribution in [-0.2, 0) is 6.54 Å². The molecule has 0 spiro atoms. The van der Waals surface area contributed by atoms with Crippen LogP contribution in [0.2, 0.25) is 0 Å². The molecule has 0 aliphatic carbocycles. The Morgan fingerprint density at radius 1 is 1.89 bits per heavy atom. The van der Waals surface area contributed by atoms with Crippen molar-refractivity contribution in [2.45, 2.75) is 6.54 Å². The first-order chi connectivity index (χ1) is 4.33. The van der Waals surface area contributed by atoms with Crippen molar-refractivity contribution < 1.29 is 5.11 Å². The van der Waals surface area contributed by atoms with E-state index in [4.69, 9.17) is 10.4 Å². The third kappa shape index (κ3) is 1.16. The zero-order chi connectivity index (χ0) is 6.69. The van der Waals surface area contributed by atoms with Crippen LogP contribution in [0.4, 0.5) is 0 Å². The molecular formula is C4H4N4O. The highest BCUT2D eigenvalue weighted by Crippen LogP contribution is 1.96. The van der Waals surface area contributed by atoms with E-state index in [9.17, 15) is 0 Å². The predicted octanol–water partition coefficient (Wildman–Crippen LogP) is -0.493. The Hall–Kier alpha value is -1.57. The summed E-state index contributed by atoms with van der Waals surface area (Å²) in [4.78, 5) is 0. The SMILES string of the molecule is N#CCn1cc(O)nn1. The normalized spacial score (nSPS) is 8.78. The Morgan fingerprint density at radius 2 is 2.67 bits per heavy atom. The molecule has 0 aromatic carbocycles. The molecule has 0 aliphatic heterocycles. The summed E-state index contributed by atoms with van der Waals surface area (Å²) in [5.41, 5.74) is 0. The lowest BCUT2D eigenvalue weighted by molar-refractivity contribution is 0.452. The summed E-state index contributed by atoms with van der Waals surface area (Å²) in [7, 11) is 0. The number of hydrogen-bond donors (Lipinski definition) is 1. The van der Waals surface area contributed by atoms with Crippen LogP contribution in [0.25, 0.3) is 0 Å². The van der Waals surface area contributed by atoms with Gasteiger partial charge in [-0.2, -0.15) is 5.26 Å². The Balaban J connectivity index is 2.76. The van der Waals surface area contributed by atoms with E-state index in [1.165, 1.54) is 10.9 Å². The summed E-state index contributed by atoms with van der Waals surface area (Å²) in [6.07, 6.45) is 1.28. The molecule has 0 aliphatic rings. The molecule has 1 aromatic rings. The smallest absolute Gasteiger partial charge is 0.251 e. The molecule has 1 aromatic heterocycles. The van der Waals surface area contributed by atoms with Gasteiger partial charge in [0.05, 0.1) is 12.3 Å². The van der Waals surface area contributed by atoms with Crippen LogP contribution in [0.3, 0.4) is 0 Å². The van der Waals surface area contributed by atoms with Crippen LogP contribution < -0.4 is 0 Å². The van der Waals surface area contributed by atoms with Gasteiger partial charge in [0.2, 0.25) is 0 Å². The fourth-order valence-corrected chi connectivity index (χ4v) is 0.438. The molecule has 9 heavy (non-hydrogen) atoms. The van der Waals surface area contributed by atoms with E-state index in [2.05, 4.69) is 10.3 Å². The van der Waals surface area contributed by atoms with E-state index in [-0.39, 0.29) is 12.4 Å². The second-order valence-electron chi connectivity index (χ2n) is 1.43. The number of aromatic nitrogens is 3. The number of hydrogen-bond acceptors (Lipinski definition) is 4. The number of nitrogens with zero attached hydrogens (tertiary/aromatic N) is 4. The zero-order valence-corrected chi connectivity index (χ0v) is 4.52. The molecule has 5 heteroatoms. The molecular weight excluding hydrogens is 120 g/mol. The molecule has 1 heterocycles. The number of rotatable bonds is 1. The van der Waals surface area contributed by atoms with Crippen LogP contribution in [0.15, 0.2) is 6.20 Å². The average molecular weight is 124 g/mol. The average Bonchev–Trinajstić information content (AvgIpc) is 2.17. The highest BCUT2D eigenvalue weighted by Gasteiger charge is 1.93. The zero-order valence-electron chi connectivity index (χ0n) is 4.52. The molecule has 0 saturated heterocycles. The Morgan fingerprint density at radius 3 is 3.11 bits per heavy atom. The maximum absolute atomic E-state index is 8.58. The quantitative estimate of drug-likeness (QED) is 0.548. The van der Waals surface area contributed by atoms with E-state index >= 15 is 0 Å². The lowest BCUT2D eigenvalue weighted by Gasteiger charge is -1.82. The maximum Gasteiger partial charge on any atom is 0.251 e. The largest absolute Gasteiger partial charge is 0.491 e. The minimum absolute atomic E-state index is 0.119. The van der Waals surface area contributed by atoms with Gasteiger partial charge in [0, 0.05) is 0 Å². The van der Waals surface area contributed by atoms with Gasteiger partial charge in [0.15, 0.2) is 0 Å². The maximum atomic E-state index is 8.58. The van der Waals surface area contributed by atoms with Crippen molar-refractivity contribution in [3.05, 3.63) is 6.20 Å².